The zero-order valence-corrected chi connectivity index (χ0v) is 14.6. The third kappa shape index (κ3) is 3.30. The lowest BCUT2D eigenvalue weighted by Crippen LogP contribution is -1.97. The first-order valence-electron chi connectivity index (χ1n) is 8.09. The van der Waals surface area contributed by atoms with Gasteiger partial charge in [0.15, 0.2) is 5.69 Å². The quantitative estimate of drug-likeness (QED) is 0.528. The Morgan fingerprint density at radius 3 is 2.69 bits per heavy atom. The van der Waals surface area contributed by atoms with E-state index in [9.17, 15) is 4.79 Å². The number of ether oxygens (including phenoxy) is 1. The van der Waals surface area contributed by atoms with Gasteiger partial charge in [-0.25, -0.2) is 9.78 Å². The third-order valence-electron chi connectivity index (χ3n) is 4.08. The number of nitrogens with zero attached hydrogens (tertiary/aromatic N) is 1. The largest absolute Gasteiger partial charge is 0.489 e. The molecule has 3 aromatic carbocycles. The maximum atomic E-state index is 11.0. The van der Waals surface area contributed by atoms with Gasteiger partial charge < -0.3 is 9.84 Å². The molecule has 0 spiro atoms. The van der Waals surface area contributed by atoms with Gasteiger partial charge in [-0.3, -0.25) is 0 Å². The number of rotatable bonds is 5. The fraction of sp³-hybridized carbons (Fsp3) is 0.0476. The number of carboxylic acids is 1. The van der Waals surface area contributed by atoms with Crippen molar-refractivity contribution >= 4 is 28.1 Å². The maximum absolute atomic E-state index is 11.0. The molecule has 0 amide bonds. The van der Waals surface area contributed by atoms with Crippen LogP contribution in [0.3, 0.4) is 0 Å². The highest BCUT2D eigenvalue weighted by atomic mass is 32.1. The summed E-state index contributed by atoms with van der Waals surface area (Å²) in [7, 11) is 0. The average molecular weight is 361 g/mol. The Morgan fingerprint density at radius 1 is 1.04 bits per heavy atom. The van der Waals surface area contributed by atoms with Gasteiger partial charge in [0.25, 0.3) is 0 Å². The molecule has 4 aromatic rings. The van der Waals surface area contributed by atoms with Crippen molar-refractivity contribution in [2.24, 2.45) is 0 Å². The molecule has 0 aliphatic rings. The predicted molar refractivity (Wildman–Crippen MR) is 103 cm³/mol. The fourth-order valence-corrected chi connectivity index (χ4v) is 3.59. The minimum Gasteiger partial charge on any atom is -0.489 e. The lowest BCUT2D eigenvalue weighted by Gasteiger charge is -2.10. The summed E-state index contributed by atoms with van der Waals surface area (Å²) in [4.78, 5) is 15.1. The van der Waals surface area contributed by atoms with E-state index in [1.54, 1.807) is 5.38 Å². The molecule has 0 aliphatic carbocycles. The Balaban J connectivity index is 1.56. The summed E-state index contributed by atoms with van der Waals surface area (Å²) >= 11 is 1.31. The topological polar surface area (TPSA) is 59.4 Å². The van der Waals surface area contributed by atoms with Gasteiger partial charge >= 0.3 is 5.97 Å². The minimum absolute atomic E-state index is 0.0621. The van der Waals surface area contributed by atoms with Gasteiger partial charge in [0.1, 0.15) is 17.4 Å². The minimum atomic E-state index is -1.02. The van der Waals surface area contributed by atoms with Crippen molar-refractivity contribution in [2.75, 3.05) is 0 Å². The van der Waals surface area contributed by atoms with E-state index in [1.165, 1.54) is 22.1 Å². The second kappa shape index (κ2) is 6.98. The van der Waals surface area contributed by atoms with Crippen LogP contribution in [0, 0.1) is 0 Å². The average Bonchev–Trinajstić information content (AvgIpc) is 3.17. The lowest BCUT2D eigenvalue weighted by molar-refractivity contribution is 0.0691. The SMILES string of the molecule is O=C(O)c1csc(-c2cccc(OCc3cccc4ccccc34)c2)n1. The van der Waals surface area contributed by atoms with E-state index >= 15 is 0 Å². The zero-order valence-electron chi connectivity index (χ0n) is 13.8. The normalized spacial score (nSPS) is 10.8. The number of aromatic carboxylic acids is 1. The summed E-state index contributed by atoms with van der Waals surface area (Å²) < 4.78 is 5.98. The smallest absolute Gasteiger partial charge is 0.355 e. The van der Waals surface area contributed by atoms with Crippen LogP contribution in [0.1, 0.15) is 16.1 Å². The number of hydrogen-bond acceptors (Lipinski definition) is 4. The summed E-state index contributed by atoms with van der Waals surface area (Å²) in [6.07, 6.45) is 0. The Hall–Kier alpha value is -3.18. The zero-order chi connectivity index (χ0) is 17.9. The number of aromatic nitrogens is 1. The molecule has 4 rings (SSSR count). The van der Waals surface area contributed by atoms with Crippen molar-refractivity contribution in [3.8, 4) is 16.3 Å². The van der Waals surface area contributed by atoms with Crippen LogP contribution in [0.5, 0.6) is 5.75 Å². The lowest BCUT2D eigenvalue weighted by atomic mass is 10.1. The molecule has 4 nitrogen and oxygen atoms in total. The molecule has 1 aromatic heterocycles. The van der Waals surface area contributed by atoms with Gasteiger partial charge in [-0.15, -0.1) is 11.3 Å². The molecular weight excluding hydrogens is 346 g/mol. The number of carboxylic acid groups (broad SMARTS) is 1. The Kier molecular flexibility index (Phi) is 4.37. The van der Waals surface area contributed by atoms with Crippen LogP contribution in [-0.4, -0.2) is 16.1 Å². The first kappa shape index (κ1) is 16.3. The predicted octanol–water partition coefficient (Wildman–Crippen LogP) is 5.24. The molecule has 0 atom stereocenters. The van der Waals surface area contributed by atoms with Gasteiger partial charge in [0, 0.05) is 10.9 Å². The van der Waals surface area contributed by atoms with Crippen molar-refractivity contribution in [1.29, 1.82) is 0 Å². The van der Waals surface area contributed by atoms with Crippen LogP contribution >= 0.6 is 11.3 Å². The monoisotopic (exact) mass is 361 g/mol. The molecule has 0 bridgehead atoms. The molecule has 5 heteroatoms. The van der Waals surface area contributed by atoms with Gasteiger partial charge in [0.2, 0.25) is 0 Å². The molecule has 0 unspecified atom stereocenters. The summed E-state index contributed by atoms with van der Waals surface area (Å²) in [5, 5.41) is 13.6. The second-order valence-corrected chi connectivity index (χ2v) is 6.66. The number of benzene rings is 3. The maximum Gasteiger partial charge on any atom is 0.355 e. The van der Waals surface area contributed by atoms with Crippen LogP contribution < -0.4 is 4.74 Å². The Morgan fingerprint density at radius 2 is 1.85 bits per heavy atom. The van der Waals surface area contributed by atoms with Crippen molar-refractivity contribution in [3.63, 3.8) is 0 Å². The van der Waals surface area contributed by atoms with Crippen LogP contribution in [0.2, 0.25) is 0 Å². The molecule has 1 N–H and O–H groups in total. The van der Waals surface area contributed by atoms with Crippen LogP contribution in [0.4, 0.5) is 0 Å². The molecule has 0 saturated carbocycles. The standard InChI is InChI=1S/C21H15NO3S/c23-21(24)19-13-26-20(22-19)15-7-4-9-17(11-15)25-12-16-8-3-6-14-5-1-2-10-18(14)16/h1-11,13H,12H2,(H,23,24). The first-order chi connectivity index (χ1) is 12.7. The van der Waals surface area contributed by atoms with Crippen molar-refractivity contribution in [2.45, 2.75) is 6.61 Å². The molecule has 1 heterocycles. The van der Waals surface area contributed by atoms with E-state index < -0.39 is 5.97 Å². The van der Waals surface area contributed by atoms with Crippen molar-refractivity contribution < 1.29 is 14.6 Å². The van der Waals surface area contributed by atoms with Gasteiger partial charge in [-0.1, -0.05) is 54.6 Å². The number of hydrogen-bond donors (Lipinski definition) is 1. The van der Waals surface area contributed by atoms with E-state index in [0.29, 0.717) is 11.6 Å². The van der Waals surface area contributed by atoms with Crippen LogP contribution in [0.25, 0.3) is 21.3 Å². The summed E-state index contributed by atoms with van der Waals surface area (Å²) in [5.74, 6) is -0.293. The van der Waals surface area contributed by atoms with Gasteiger partial charge in [-0.05, 0) is 28.5 Å². The van der Waals surface area contributed by atoms with Crippen molar-refractivity contribution in [3.05, 3.63) is 83.4 Å². The molecule has 128 valence electrons. The van der Waals surface area contributed by atoms with Crippen molar-refractivity contribution in [1.82, 2.24) is 4.98 Å². The summed E-state index contributed by atoms with van der Waals surface area (Å²) in [5.41, 5.74) is 2.03. The molecule has 0 aliphatic heterocycles. The number of fused-ring (bicyclic) bond motifs is 1. The first-order valence-corrected chi connectivity index (χ1v) is 8.97. The van der Waals surface area contributed by atoms with Crippen LogP contribution in [0.15, 0.2) is 72.1 Å². The molecule has 26 heavy (non-hydrogen) atoms. The molecule has 0 fully saturated rings. The van der Waals surface area contributed by atoms with E-state index in [-0.39, 0.29) is 5.69 Å². The Labute approximate surface area is 154 Å². The number of carbonyl (C=O) groups is 1. The summed E-state index contributed by atoms with van der Waals surface area (Å²) in [6, 6.07) is 22.0. The highest BCUT2D eigenvalue weighted by molar-refractivity contribution is 7.13. The van der Waals surface area contributed by atoms with Gasteiger partial charge in [0.05, 0.1) is 0 Å². The van der Waals surface area contributed by atoms with E-state index in [0.717, 1.165) is 16.9 Å². The number of thiazole rings is 1. The van der Waals surface area contributed by atoms with E-state index in [2.05, 4.69) is 29.2 Å². The molecule has 0 radical (unpaired) electrons. The fourth-order valence-electron chi connectivity index (χ4n) is 2.80. The van der Waals surface area contributed by atoms with E-state index in [1.807, 2.05) is 42.5 Å². The van der Waals surface area contributed by atoms with Gasteiger partial charge in [-0.2, -0.15) is 0 Å². The molecular formula is C21H15NO3S. The van der Waals surface area contributed by atoms with Crippen LogP contribution in [-0.2, 0) is 6.61 Å². The van der Waals surface area contributed by atoms with E-state index in [4.69, 9.17) is 9.84 Å². The second-order valence-electron chi connectivity index (χ2n) is 5.80. The third-order valence-corrected chi connectivity index (χ3v) is 4.97. The highest BCUT2D eigenvalue weighted by Crippen LogP contribution is 2.28. The highest BCUT2D eigenvalue weighted by Gasteiger charge is 2.11. The summed E-state index contributed by atoms with van der Waals surface area (Å²) in [6.45, 7) is 0.461. The Bertz CT molecular complexity index is 1080. The molecule has 0 saturated heterocycles.